The minimum absolute atomic E-state index is 0.0269. The fraction of sp³-hybridized carbons (Fsp3) is 0.394. The summed E-state index contributed by atoms with van der Waals surface area (Å²) in [6.07, 6.45) is -4.95. The van der Waals surface area contributed by atoms with Gasteiger partial charge >= 0.3 is 12.1 Å². The molecule has 0 bridgehead atoms. The number of anilines is 1. The Labute approximate surface area is 249 Å². The predicted molar refractivity (Wildman–Crippen MR) is 159 cm³/mol. The van der Waals surface area contributed by atoms with E-state index >= 15 is 0 Å². The molecule has 0 fully saturated rings. The number of nitrogens with two attached hydrogens (primary N) is 1. The Morgan fingerprint density at radius 3 is 2.33 bits per heavy atom. The highest BCUT2D eigenvalue weighted by atomic mass is 19.4. The lowest BCUT2D eigenvalue weighted by atomic mass is 9.83. The maximum Gasteiger partial charge on any atom is 0.416 e. The van der Waals surface area contributed by atoms with E-state index in [1.54, 1.807) is 45.0 Å². The minimum Gasteiger partial charge on any atom is -0.458 e. The average molecular weight is 596 g/mol. The van der Waals surface area contributed by atoms with Crippen molar-refractivity contribution in [3.05, 3.63) is 76.9 Å². The summed E-state index contributed by atoms with van der Waals surface area (Å²) in [7, 11) is 0. The molecule has 4 rings (SSSR count). The quantitative estimate of drug-likeness (QED) is 0.301. The number of hydrogen-bond acceptors (Lipinski definition) is 6. The summed E-state index contributed by atoms with van der Waals surface area (Å²) in [5.41, 5.74) is 0.479. The molecule has 1 amide bonds. The molecule has 1 aliphatic rings. The minimum atomic E-state index is -4.95. The number of hydrogen-bond donors (Lipinski definition) is 2. The second kappa shape index (κ2) is 12.0. The number of ether oxygens (including phenoxy) is 1. The van der Waals surface area contributed by atoms with Crippen molar-refractivity contribution in [2.24, 2.45) is 5.73 Å². The van der Waals surface area contributed by atoms with E-state index in [1.807, 2.05) is 30.9 Å². The van der Waals surface area contributed by atoms with Gasteiger partial charge in [0.15, 0.2) is 11.6 Å². The number of likely N-dealkylation sites (N-methyl/N-ethyl adjacent to an activating group) is 1. The Morgan fingerprint density at radius 1 is 1.07 bits per heavy atom. The van der Waals surface area contributed by atoms with Crippen molar-refractivity contribution in [1.29, 1.82) is 0 Å². The predicted octanol–water partition coefficient (Wildman–Crippen LogP) is 4.80. The van der Waals surface area contributed by atoms with Crippen LogP contribution in [0.3, 0.4) is 0 Å². The van der Waals surface area contributed by atoms with Crippen LogP contribution in [-0.2, 0) is 26.1 Å². The smallest absolute Gasteiger partial charge is 0.416 e. The molecule has 0 radical (unpaired) electrons. The van der Waals surface area contributed by atoms with Crippen molar-refractivity contribution in [3.8, 4) is 11.8 Å². The van der Waals surface area contributed by atoms with Gasteiger partial charge in [0.2, 0.25) is 0 Å². The van der Waals surface area contributed by atoms with Gasteiger partial charge in [-0.1, -0.05) is 62.1 Å². The molecule has 43 heavy (non-hydrogen) atoms. The number of fused-ring (bicyclic) bond motifs is 2. The molecule has 3 aromatic carbocycles. The van der Waals surface area contributed by atoms with Crippen LogP contribution in [0, 0.1) is 11.8 Å². The van der Waals surface area contributed by atoms with Crippen LogP contribution in [0.25, 0.3) is 10.8 Å². The van der Waals surface area contributed by atoms with E-state index in [0.29, 0.717) is 25.0 Å². The van der Waals surface area contributed by atoms with Crippen molar-refractivity contribution in [1.82, 2.24) is 4.90 Å². The molecular formula is C33H36F3N3O4. The monoisotopic (exact) mass is 595 g/mol. The van der Waals surface area contributed by atoms with E-state index in [-0.39, 0.29) is 23.4 Å². The van der Waals surface area contributed by atoms with Crippen LogP contribution in [0.1, 0.15) is 56.9 Å². The molecule has 0 aromatic heterocycles. The molecule has 0 saturated carbocycles. The third-order valence-electron chi connectivity index (χ3n) is 7.36. The van der Waals surface area contributed by atoms with Crippen LogP contribution in [0.2, 0.25) is 0 Å². The number of rotatable bonds is 7. The molecule has 7 nitrogen and oxygen atoms in total. The highest BCUT2D eigenvalue weighted by Crippen LogP contribution is 2.50. The molecule has 2 unspecified atom stereocenters. The first-order valence-corrected chi connectivity index (χ1v) is 14.1. The van der Waals surface area contributed by atoms with E-state index < -0.39 is 46.4 Å². The molecule has 1 aliphatic heterocycles. The van der Waals surface area contributed by atoms with Gasteiger partial charge in [-0.15, -0.1) is 0 Å². The summed E-state index contributed by atoms with van der Waals surface area (Å²) >= 11 is 0. The van der Waals surface area contributed by atoms with Gasteiger partial charge < -0.3 is 25.4 Å². The van der Waals surface area contributed by atoms with Crippen molar-refractivity contribution >= 4 is 28.3 Å². The Morgan fingerprint density at radius 2 is 1.72 bits per heavy atom. The molecule has 0 saturated heterocycles. The van der Waals surface area contributed by atoms with Gasteiger partial charge in [-0.3, -0.25) is 4.79 Å². The van der Waals surface area contributed by atoms with Crippen LogP contribution in [0.5, 0.6) is 0 Å². The van der Waals surface area contributed by atoms with Gasteiger partial charge in [0, 0.05) is 24.2 Å². The van der Waals surface area contributed by atoms with Crippen LogP contribution in [0.4, 0.5) is 18.9 Å². The van der Waals surface area contributed by atoms with Gasteiger partial charge in [-0.05, 0) is 68.4 Å². The third kappa shape index (κ3) is 6.54. The first kappa shape index (κ1) is 32.0. The number of carbonyl (C=O) groups is 2. The maximum absolute atomic E-state index is 14.7. The van der Waals surface area contributed by atoms with Gasteiger partial charge in [-0.25, -0.2) is 4.79 Å². The zero-order chi connectivity index (χ0) is 31.7. The number of benzene rings is 3. The van der Waals surface area contributed by atoms with E-state index in [4.69, 9.17) is 10.5 Å². The third-order valence-corrected chi connectivity index (χ3v) is 7.36. The van der Waals surface area contributed by atoms with Crippen LogP contribution < -0.4 is 10.6 Å². The summed E-state index contributed by atoms with van der Waals surface area (Å²) < 4.78 is 49.4. The number of esters is 1. The van der Waals surface area contributed by atoms with Crippen LogP contribution in [-0.4, -0.2) is 59.7 Å². The number of aliphatic hydroxyl groups is 1. The molecule has 10 heteroatoms. The molecule has 0 spiro atoms. The van der Waals surface area contributed by atoms with Gasteiger partial charge in [0.25, 0.3) is 5.91 Å². The highest BCUT2D eigenvalue weighted by molar-refractivity contribution is 6.10. The lowest BCUT2D eigenvalue weighted by Gasteiger charge is -2.26. The summed E-state index contributed by atoms with van der Waals surface area (Å²) in [6, 6.07) is 12.6. The topological polar surface area (TPSA) is 96.1 Å². The number of halogens is 3. The molecule has 2 atom stereocenters. The second-order valence-electron chi connectivity index (χ2n) is 11.5. The Balaban J connectivity index is 1.91. The van der Waals surface area contributed by atoms with Crippen LogP contribution in [0.15, 0.2) is 54.6 Å². The van der Waals surface area contributed by atoms with E-state index in [1.165, 1.54) is 17.0 Å². The number of alkyl halides is 3. The Kier molecular flexibility index (Phi) is 8.93. The highest BCUT2D eigenvalue weighted by Gasteiger charge is 2.55. The fourth-order valence-electron chi connectivity index (χ4n) is 5.20. The molecule has 1 heterocycles. The van der Waals surface area contributed by atoms with E-state index in [0.717, 1.165) is 11.5 Å². The first-order valence-electron chi connectivity index (χ1n) is 14.1. The number of carbonyl (C=O) groups excluding carboxylic acids is 2. The summed E-state index contributed by atoms with van der Waals surface area (Å²) in [4.78, 5) is 29.6. The molecule has 228 valence electrons. The SMILES string of the molecule is CCN(CC)CCN1C(=O)C(O)(c2ccc3ccccc3c2)c2c1cc(C#CC(N)C(=O)OC(C)(C)C)cc2C(F)(F)F. The van der Waals surface area contributed by atoms with Crippen molar-refractivity contribution in [3.63, 3.8) is 0 Å². The van der Waals surface area contributed by atoms with Gasteiger partial charge in [0.1, 0.15) is 5.60 Å². The van der Waals surface area contributed by atoms with Crippen molar-refractivity contribution in [2.75, 3.05) is 31.1 Å². The second-order valence-corrected chi connectivity index (χ2v) is 11.5. The number of amides is 1. The van der Waals surface area contributed by atoms with Crippen molar-refractivity contribution < 1.29 is 32.6 Å². The molecular weight excluding hydrogens is 559 g/mol. The summed E-state index contributed by atoms with van der Waals surface area (Å²) in [6.45, 7) is 10.6. The summed E-state index contributed by atoms with van der Waals surface area (Å²) in [5, 5.41) is 13.6. The lowest BCUT2D eigenvalue weighted by Crippen LogP contribution is -2.44. The van der Waals surface area contributed by atoms with Gasteiger partial charge in [-0.2, -0.15) is 13.2 Å². The zero-order valence-corrected chi connectivity index (χ0v) is 24.9. The molecule has 0 aliphatic carbocycles. The standard InChI is InChI=1S/C33H36F3N3O4/c1-6-38(7-2)16-17-39-27-19-21(12-15-26(37)29(40)43-31(3,4)5)18-25(33(34,35)36)28(27)32(42,30(39)41)24-14-13-22-10-8-9-11-23(22)20-24/h8-11,13-14,18-20,26,42H,6-7,16-17,37H2,1-5H3. The van der Waals surface area contributed by atoms with E-state index in [2.05, 4.69) is 11.8 Å². The first-order chi connectivity index (χ1) is 20.1. The van der Waals surface area contributed by atoms with Crippen LogP contribution >= 0.6 is 0 Å². The zero-order valence-electron chi connectivity index (χ0n) is 24.9. The van der Waals surface area contributed by atoms with E-state index in [9.17, 15) is 27.9 Å². The molecule has 3 N–H and O–H groups in total. The average Bonchev–Trinajstić information content (AvgIpc) is 3.16. The summed E-state index contributed by atoms with van der Waals surface area (Å²) in [5.74, 6) is 3.33. The largest absolute Gasteiger partial charge is 0.458 e. The molecule has 3 aromatic rings. The number of nitrogens with zero attached hydrogens (tertiary/aromatic N) is 2. The normalized spacial score (nSPS) is 17.6. The lowest BCUT2D eigenvalue weighted by molar-refractivity contribution is -0.155. The Hall–Kier alpha value is -3.91. The van der Waals surface area contributed by atoms with Gasteiger partial charge in [0.05, 0.1) is 11.3 Å². The fourth-order valence-corrected chi connectivity index (χ4v) is 5.20. The maximum atomic E-state index is 14.7. The Bertz CT molecular complexity index is 1600. The van der Waals surface area contributed by atoms with Crippen molar-refractivity contribution in [2.45, 2.75) is 58.0 Å².